The first-order valence-electron chi connectivity index (χ1n) is 5.02. The number of rotatable bonds is 3. The summed E-state index contributed by atoms with van der Waals surface area (Å²) in [7, 11) is 0. The molecule has 1 N–H and O–H groups in total. The summed E-state index contributed by atoms with van der Waals surface area (Å²) in [4.78, 5) is 21.0. The summed E-state index contributed by atoms with van der Waals surface area (Å²) in [5, 5.41) is 19.6. The zero-order valence-corrected chi connectivity index (χ0v) is 10.9. The van der Waals surface area contributed by atoms with Crippen LogP contribution in [0, 0.1) is 15.9 Å². The van der Waals surface area contributed by atoms with E-state index in [1.165, 1.54) is 0 Å². The molecule has 0 unspecified atom stereocenters. The molecule has 7 heteroatoms. The van der Waals surface area contributed by atoms with Crippen molar-refractivity contribution in [2.24, 2.45) is 0 Å². The first-order valence-corrected chi connectivity index (χ1v) is 5.83. The number of aromatic carboxylic acids is 1. The van der Waals surface area contributed by atoms with Gasteiger partial charge in [-0.05, 0) is 6.07 Å². The van der Waals surface area contributed by atoms with Crippen LogP contribution in [-0.2, 0) is 0 Å². The average Bonchev–Trinajstić information content (AvgIpc) is 2.17. The van der Waals surface area contributed by atoms with Crippen molar-refractivity contribution in [3.05, 3.63) is 33.6 Å². The summed E-state index contributed by atoms with van der Waals surface area (Å²) in [6, 6.07) is 1.66. The van der Waals surface area contributed by atoms with Gasteiger partial charge in [0.1, 0.15) is 5.82 Å². The van der Waals surface area contributed by atoms with Gasteiger partial charge in [-0.3, -0.25) is 10.1 Å². The lowest BCUT2D eigenvalue weighted by Gasteiger charge is -2.17. The maximum atomic E-state index is 13.4. The number of nitrogens with zero attached hydrogens (tertiary/aromatic N) is 1. The molecule has 0 fully saturated rings. The highest BCUT2D eigenvalue weighted by Gasteiger charge is 2.25. The van der Waals surface area contributed by atoms with Gasteiger partial charge in [0.2, 0.25) is 0 Å². The van der Waals surface area contributed by atoms with Crippen molar-refractivity contribution >= 4 is 23.4 Å². The van der Waals surface area contributed by atoms with Gasteiger partial charge in [-0.15, -0.1) is 11.8 Å². The van der Waals surface area contributed by atoms with Gasteiger partial charge >= 0.3 is 5.97 Å². The van der Waals surface area contributed by atoms with Gasteiger partial charge in [0.15, 0.2) is 0 Å². The summed E-state index contributed by atoms with van der Waals surface area (Å²) in [5.74, 6) is -2.55. The van der Waals surface area contributed by atoms with Crippen LogP contribution in [0.1, 0.15) is 31.1 Å². The van der Waals surface area contributed by atoms with E-state index in [0.29, 0.717) is 6.07 Å². The summed E-state index contributed by atoms with van der Waals surface area (Å²) >= 11 is 1.12. The molecule has 0 heterocycles. The molecule has 18 heavy (non-hydrogen) atoms. The molecule has 0 radical (unpaired) electrons. The number of carbonyl (C=O) groups is 1. The van der Waals surface area contributed by atoms with Crippen molar-refractivity contribution in [1.29, 1.82) is 0 Å². The van der Waals surface area contributed by atoms with Crippen LogP contribution in [0.15, 0.2) is 17.0 Å². The van der Waals surface area contributed by atoms with Crippen LogP contribution in [0.25, 0.3) is 0 Å². The van der Waals surface area contributed by atoms with Crippen molar-refractivity contribution in [2.75, 3.05) is 0 Å². The zero-order valence-electron chi connectivity index (χ0n) is 10.1. The van der Waals surface area contributed by atoms with Gasteiger partial charge in [-0.1, -0.05) is 20.8 Å². The number of nitro benzene ring substituents is 1. The second-order valence-electron chi connectivity index (χ2n) is 4.58. The summed E-state index contributed by atoms with van der Waals surface area (Å²) in [6.45, 7) is 5.47. The van der Waals surface area contributed by atoms with Gasteiger partial charge < -0.3 is 5.11 Å². The Morgan fingerprint density at radius 3 is 2.39 bits per heavy atom. The Morgan fingerprint density at radius 1 is 1.44 bits per heavy atom. The van der Waals surface area contributed by atoms with E-state index in [2.05, 4.69) is 0 Å². The Kier molecular flexibility index (Phi) is 3.95. The fourth-order valence-corrected chi connectivity index (χ4v) is 2.34. The lowest BCUT2D eigenvalue weighted by Crippen LogP contribution is -2.09. The number of thioether (sulfide) groups is 1. The molecule has 0 saturated heterocycles. The first kappa shape index (κ1) is 14.4. The van der Waals surface area contributed by atoms with Crippen molar-refractivity contribution in [3.63, 3.8) is 0 Å². The highest BCUT2D eigenvalue weighted by molar-refractivity contribution is 8.00. The second-order valence-corrected chi connectivity index (χ2v) is 6.45. The van der Waals surface area contributed by atoms with Crippen LogP contribution in [0.4, 0.5) is 10.1 Å². The molecule has 0 atom stereocenters. The Balaban J connectivity index is 3.40. The minimum absolute atomic E-state index is 0.145. The minimum atomic E-state index is -1.45. The molecule has 0 bridgehead atoms. The summed E-state index contributed by atoms with van der Waals surface area (Å²) in [6.07, 6.45) is 0. The van der Waals surface area contributed by atoms with E-state index >= 15 is 0 Å². The number of halogens is 1. The van der Waals surface area contributed by atoms with Gasteiger partial charge in [0, 0.05) is 4.75 Å². The number of carboxylic acids is 1. The second kappa shape index (κ2) is 4.93. The maximum Gasteiger partial charge on any atom is 0.338 e. The number of hydrogen-bond donors (Lipinski definition) is 1. The normalized spacial score (nSPS) is 11.3. The molecule has 1 rings (SSSR count). The third-order valence-electron chi connectivity index (χ3n) is 1.89. The topological polar surface area (TPSA) is 80.4 Å². The predicted molar refractivity (Wildman–Crippen MR) is 65.6 cm³/mol. The molecule has 0 spiro atoms. The molecule has 0 aromatic heterocycles. The summed E-state index contributed by atoms with van der Waals surface area (Å²) < 4.78 is 13.0. The van der Waals surface area contributed by atoms with E-state index in [-0.39, 0.29) is 9.64 Å². The van der Waals surface area contributed by atoms with E-state index in [9.17, 15) is 19.3 Å². The van der Waals surface area contributed by atoms with Crippen LogP contribution < -0.4 is 0 Å². The monoisotopic (exact) mass is 273 g/mol. The van der Waals surface area contributed by atoms with Crippen LogP contribution in [0.3, 0.4) is 0 Å². The molecular formula is C11H12FNO4S. The minimum Gasteiger partial charge on any atom is -0.478 e. The zero-order chi connectivity index (χ0) is 14.1. The quantitative estimate of drug-likeness (QED) is 0.519. The van der Waals surface area contributed by atoms with E-state index < -0.39 is 28.0 Å². The molecule has 0 saturated carbocycles. The SMILES string of the molecule is CC(C)(C)Sc1cc(C(=O)O)c(F)cc1[N+](=O)[O-]. The first-order chi connectivity index (χ1) is 8.11. The predicted octanol–water partition coefficient (Wildman–Crippen LogP) is 3.32. The van der Waals surface area contributed by atoms with Crippen LogP contribution >= 0.6 is 11.8 Å². The van der Waals surface area contributed by atoms with Gasteiger partial charge in [0.25, 0.3) is 5.69 Å². The Bertz CT molecular complexity index is 511. The maximum absolute atomic E-state index is 13.4. The Hall–Kier alpha value is -1.63. The number of carboxylic acid groups (broad SMARTS) is 1. The molecule has 0 aliphatic heterocycles. The Morgan fingerprint density at radius 2 is 2.00 bits per heavy atom. The molecule has 0 amide bonds. The number of benzene rings is 1. The summed E-state index contributed by atoms with van der Waals surface area (Å²) in [5.41, 5.74) is -0.982. The largest absolute Gasteiger partial charge is 0.478 e. The molecule has 5 nitrogen and oxygen atoms in total. The molecule has 0 aliphatic rings. The van der Waals surface area contributed by atoms with Gasteiger partial charge in [-0.25, -0.2) is 9.18 Å². The Labute approximate surface area is 107 Å². The number of nitro groups is 1. The van der Waals surface area contributed by atoms with Gasteiger partial charge in [-0.2, -0.15) is 0 Å². The third-order valence-corrected chi connectivity index (χ3v) is 3.05. The van der Waals surface area contributed by atoms with Crippen molar-refractivity contribution < 1.29 is 19.2 Å². The highest BCUT2D eigenvalue weighted by atomic mass is 32.2. The molecule has 98 valence electrons. The lowest BCUT2D eigenvalue weighted by atomic mass is 10.2. The van der Waals surface area contributed by atoms with E-state index in [1.807, 2.05) is 20.8 Å². The highest BCUT2D eigenvalue weighted by Crippen LogP contribution is 2.38. The van der Waals surface area contributed by atoms with E-state index in [0.717, 1.165) is 17.8 Å². The average molecular weight is 273 g/mol. The lowest BCUT2D eigenvalue weighted by molar-refractivity contribution is -0.387. The molecule has 0 aliphatic carbocycles. The van der Waals surface area contributed by atoms with E-state index in [4.69, 9.17) is 5.11 Å². The molecular weight excluding hydrogens is 261 g/mol. The van der Waals surface area contributed by atoms with Crippen LogP contribution in [0.5, 0.6) is 0 Å². The third kappa shape index (κ3) is 3.43. The molecule has 1 aromatic rings. The van der Waals surface area contributed by atoms with Gasteiger partial charge in [0.05, 0.1) is 21.4 Å². The van der Waals surface area contributed by atoms with Crippen molar-refractivity contribution in [1.82, 2.24) is 0 Å². The van der Waals surface area contributed by atoms with Crippen molar-refractivity contribution in [2.45, 2.75) is 30.4 Å². The fraction of sp³-hybridized carbons (Fsp3) is 0.364. The smallest absolute Gasteiger partial charge is 0.338 e. The fourth-order valence-electron chi connectivity index (χ4n) is 1.26. The van der Waals surface area contributed by atoms with Crippen LogP contribution in [0.2, 0.25) is 0 Å². The van der Waals surface area contributed by atoms with E-state index in [1.54, 1.807) is 0 Å². The van der Waals surface area contributed by atoms with Crippen molar-refractivity contribution in [3.8, 4) is 0 Å². The van der Waals surface area contributed by atoms with Crippen LogP contribution in [-0.4, -0.2) is 20.7 Å². The molecule has 1 aromatic carbocycles. The number of hydrogen-bond acceptors (Lipinski definition) is 4. The standard InChI is InChI=1S/C11H12FNO4S/c1-11(2,3)18-9-4-6(10(14)15)7(12)5-8(9)13(16)17/h4-5H,1-3H3,(H,14,15).